The van der Waals surface area contributed by atoms with Gasteiger partial charge in [-0.1, -0.05) is 48.0 Å². The molecular weight excluding hydrogens is 397 g/mol. The van der Waals surface area contributed by atoms with Crippen LogP contribution >= 0.6 is 24.0 Å². The van der Waals surface area contributed by atoms with Crippen molar-refractivity contribution in [2.75, 3.05) is 24.5 Å². The number of rotatable bonds is 3. The highest BCUT2D eigenvalue weighted by Gasteiger charge is 2.43. The first-order valence-electron chi connectivity index (χ1n) is 9.21. The van der Waals surface area contributed by atoms with Gasteiger partial charge in [0.2, 0.25) is 11.8 Å². The number of benzene rings is 2. The van der Waals surface area contributed by atoms with E-state index in [2.05, 4.69) is 0 Å². The largest absolute Gasteiger partial charge is 0.340 e. The van der Waals surface area contributed by atoms with Crippen molar-refractivity contribution < 1.29 is 9.59 Å². The summed E-state index contributed by atoms with van der Waals surface area (Å²) in [5.41, 5.74) is 8.18. The number of carbonyl (C=O) groups excluding carboxylic acids is 2. The summed E-state index contributed by atoms with van der Waals surface area (Å²) < 4.78 is 0. The molecule has 3 atom stereocenters. The topological polar surface area (TPSA) is 66.6 Å². The maximum Gasteiger partial charge on any atom is 0.239 e. The first-order valence-corrected chi connectivity index (χ1v) is 9.58. The molecule has 1 unspecified atom stereocenters. The van der Waals surface area contributed by atoms with Crippen LogP contribution in [0.25, 0.3) is 0 Å². The van der Waals surface area contributed by atoms with Crippen LogP contribution < -0.4 is 10.6 Å². The number of hydrogen-bond donors (Lipinski definition) is 1. The Kier molecular flexibility index (Phi) is 6.28. The van der Waals surface area contributed by atoms with Gasteiger partial charge in [-0.3, -0.25) is 9.59 Å². The zero-order valence-corrected chi connectivity index (χ0v) is 16.9. The van der Waals surface area contributed by atoms with Crippen molar-refractivity contribution in [3.63, 3.8) is 0 Å². The molecule has 2 amide bonds. The second-order valence-corrected chi connectivity index (χ2v) is 7.67. The van der Waals surface area contributed by atoms with Crippen molar-refractivity contribution in [3.8, 4) is 0 Å². The first kappa shape index (κ1) is 20.6. The Morgan fingerprint density at radius 1 is 1.07 bits per heavy atom. The van der Waals surface area contributed by atoms with Crippen molar-refractivity contribution >= 4 is 41.5 Å². The summed E-state index contributed by atoms with van der Waals surface area (Å²) in [6.45, 7) is 1.57. The molecule has 0 saturated carbocycles. The molecule has 2 fully saturated rings. The molecule has 2 aromatic rings. The second kappa shape index (κ2) is 8.52. The van der Waals surface area contributed by atoms with E-state index in [1.54, 1.807) is 21.9 Å². The van der Waals surface area contributed by atoms with E-state index >= 15 is 0 Å². The highest BCUT2D eigenvalue weighted by molar-refractivity contribution is 6.31. The van der Waals surface area contributed by atoms with Crippen LogP contribution in [0.1, 0.15) is 17.9 Å². The van der Waals surface area contributed by atoms with Crippen LogP contribution in [0.2, 0.25) is 5.02 Å². The van der Waals surface area contributed by atoms with Crippen LogP contribution in [-0.4, -0.2) is 42.4 Å². The van der Waals surface area contributed by atoms with E-state index in [0.717, 1.165) is 11.3 Å². The minimum absolute atomic E-state index is 0. The number of anilines is 1. The zero-order valence-electron chi connectivity index (χ0n) is 15.3. The third kappa shape index (κ3) is 3.88. The summed E-state index contributed by atoms with van der Waals surface area (Å²) in [7, 11) is 0. The summed E-state index contributed by atoms with van der Waals surface area (Å²) in [4.78, 5) is 29.3. The SMILES string of the molecule is Cl.N[C@@H]1CN(C(=O)C2CCN(c3cccc(Cl)c3)C2=O)C[C@H]1c1ccccc1. The molecule has 2 aromatic carbocycles. The molecule has 5 nitrogen and oxygen atoms in total. The number of nitrogens with zero attached hydrogens (tertiary/aromatic N) is 2. The van der Waals surface area contributed by atoms with Gasteiger partial charge in [-0.15, -0.1) is 12.4 Å². The molecule has 2 N–H and O–H groups in total. The van der Waals surface area contributed by atoms with Crippen LogP contribution in [0.4, 0.5) is 5.69 Å². The monoisotopic (exact) mass is 419 g/mol. The molecule has 7 heteroatoms. The fraction of sp³-hybridized carbons (Fsp3) is 0.333. The fourth-order valence-corrected chi connectivity index (χ4v) is 4.28. The predicted molar refractivity (Wildman–Crippen MR) is 113 cm³/mol. The van der Waals surface area contributed by atoms with Crippen molar-refractivity contribution in [3.05, 3.63) is 65.2 Å². The third-order valence-corrected chi connectivity index (χ3v) is 5.76. The Morgan fingerprint density at radius 3 is 2.54 bits per heavy atom. The standard InChI is InChI=1S/C21H22ClN3O2.ClH/c22-15-7-4-8-16(11-15)25-10-9-17(21(25)27)20(26)24-12-18(19(23)13-24)14-5-2-1-3-6-14;/h1-8,11,17-19H,9-10,12-13,23H2;1H/t17?,18-,19+;/m0./s1. The molecule has 0 bridgehead atoms. The zero-order chi connectivity index (χ0) is 19.0. The van der Waals surface area contributed by atoms with E-state index < -0.39 is 5.92 Å². The van der Waals surface area contributed by atoms with Crippen LogP contribution in [0.5, 0.6) is 0 Å². The van der Waals surface area contributed by atoms with Gasteiger partial charge in [0.05, 0.1) is 0 Å². The molecule has 2 aliphatic rings. The minimum atomic E-state index is -0.634. The van der Waals surface area contributed by atoms with Crippen molar-refractivity contribution in [2.24, 2.45) is 11.7 Å². The highest BCUT2D eigenvalue weighted by Crippen LogP contribution is 2.31. The minimum Gasteiger partial charge on any atom is -0.340 e. The lowest BCUT2D eigenvalue weighted by atomic mass is 9.95. The van der Waals surface area contributed by atoms with Gasteiger partial charge in [0, 0.05) is 42.3 Å². The number of amides is 2. The summed E-state index contributed by atoms with van der Waals surface area (Å²) in [5, 5.41) is 0.575. The van der Waals surface area contributed by atoms with Crippen LogP contribution in [0, 0.1) is 5.92 Å². The number of halogens is 2. The highest BCUT2D eigenvalue weighted by atomic mass is 35.5. The summed E-state index contributed by atoms with van der Waals surface area (Å²) in [6, 6.07) is 17.1. The van der Waals surface area contributed by atoms with Crippen molar-refractivity contribution in [1.82, 2.24) is 4.90 Å². The lowest BCUT2D eigenvalue weighted by Crippen LogP contribution is -2.40. The van der Waals surface area contributed by atoms with Crippen molar-refractivity contribution in [1.29, 1.82) is 0 Å². The molecule has 28 heavy (non-hydrogen) atoms. The Labute approximate surface area is 175 Å². The molecule has 2 saturated heterocycles. The van der Waals surface area contributed by atoms with Gasteiger partial charge in [0.25, 0.3) is 0 Å². The van der Waals surface area contributed by atoms with Gasteiger partial charge < -0.3 is 15.5 Å². The van der Waals surface area contributed by atoms with E-state index in [0.29, 0.717) is 31.1 Å². The molecule has 148 valence electrons. The Hall–Kier alpha value is -2.08. The van der Waals surface area contributed by atoms with Gasteiger partial charge in [-0.2, -0.15) is 0 Å². The summed E-state index contributed by atoms with van der Waals surface area (Å²) in [6.07, 6.45) is 0.520. The van der Waals surface area contributed by atoms with E-state index in [9.17, 15) is 9.59 Å². The molecule has 2 heterocycles. The Balaban J connectivity index is 0.00000225. The lowest BCUT2D eigenvalue weighted by molar-refractivity contribution is -0.139. The van der Waals surface area contributed by atoms with E-state index in [1.165, 1.54) is 0 Å². The molecular formula is C21H23Cl2N3O2. The fourth-order valence-electron chi connectivity index (χ4n) is 4.09. The Bertz CT molecular complexity index is 862. The molecule has 0 spiro atoms. The van der Waals surface area contributed by atoms with Gasteiger partial charge in [-0.25, -0.2) is 0 Å². The third-order valence-electron chi connectivity index (χ3n) is 5.53. The van der Waals surface area contributed by atoms with Gasteiger partial charge >= 0.3 is 0 Å². The average Bonchev–Trinajstić information content (AvgIpc) is 3.25. The maximum atomic E-state index is 13.0. The molecule has 0 aliphatic carbocycles. The van der Waals surface area contributed by atoms with E-state index in [4.69, 9.17) is 17.3 Å². The first-order chi connectivity index (χ1) is 13.0. The number of carbonyl (C=O) groups is 2. The molecule has 0 aromatic heterocycles. The number of hydrogen-bond acceptors (Lipinski definition) is 3. The molecule has 4 rings (SSSR count). The lowest BCUT2D eigenvalue weighted by Gasteiger charge is -2.21. The quantitative estimate of drug-likeness (QED) is 0.777. The number of nitrogens with two attached hydrogens (primary N) is 1. The van der Waals surface area contributed by atoms with Crippen molar-refractivity contribution in [2.45, 2.75) is 18.4 Å². The van der Waals surface area contributed by atoms with Gasteiger partial charge in [0.15, 0.2) is 0 Å². The smallest absolute Gasteiger partial charge is 0.239 e. The maximum absolute atomic E-state index is 13.0. The van der Waals surface area contributed by atoms with E-state index in [-0.39, 0.29) is 36.2 Å². The number of likely N-dealkylation sites (tertiary alicyclic amines) is 1. The average molecular weight is 420 g/mol. The summed E-state index contributed by atoms with van der Waals surface area (Å²) >= 11 is 6.04. The van der Waals surface area contributed by atoms with Gasteiger partial charge in [-0.05, 0) is 30.2 Å². The van der Waals surface area contributed by atoms with Crippen LogP contribution in [0.15, 0.2) is 54.6 Å². The molecule has 2 aliphatic heterocycles. The van der Waals surface area contributed by atoms with E-state index in [1.807, 2.05) is 42.5 Å². The van der Waals surface area contributed by atoms with Gasteiger partial charge in [0.1, 0.15) is 5.92 Å². The normalized spacial score (nSPS) is 24.4. The summed E-state index contributed by atoms with van der Waals surface area (Å²) in [5.74, 6) is -0.793. The van der Waals surface area contributed by atoms with Crippen LogP contribution in [0.3, 0.4) is 0 Å². The van der Waals surface area contributed by atoms with Crippen LogP contribution in [-0.2, 0) is 9.59 Å². The second-order valence-electron chi connectivity index (χ2n) is 7.24. The Morgan fingerprint density at radius 2 is 1.82 bits per heavy atom. The predicted octanol–water partition coefficient (Wildman–Crippen LogP) is 3.07. The molecule has 0 radical (unpaired) electrons.